The second-order valence-electron chi connectivity index (χ2n) is 8.09. The number of nitrogens with one attached hydrogen (secondary N) is 1. The number of aliphatic hydroxyl groups is 1. The van der Waals surface area contributed by atoms with E-state index in [0.29, 0.717) is 36.3 Å². The third-order valence-electron chi connectivity index (χ3n) is 5.62. The van der Waals surface area contributed by atoms with Crippen molar-refractivity contribution in [2.24, 2.45) is 11.1 Å². The van der Waals surface area contributed by atoms with E-state index in [9.17, 15) is 18.3 Å². The van der Waals surface area contributed by atoms with E-state index in [1.807, 2.05) is 41.1 Å². The lowest BCUT2D eigenvalue weighted by atomic mass is 10.1. The third-order valence-corrected chi connectivity index (χ3v) is 6.09. The summed E-state index contributed by atoms with van der Waals surface area (Å²) in [6, 6.07) is 11.5. The summed E-state index contributed by atoms with van der Waals surface area (Å²) in [5.74, 6) is -0.276. The Labute approximate surface area is 191 Å². The molecule has 11 heteroatoms. The van der Waals surface area contributed by atoms with Crippen LogP contribution in [0.15, 0.2) is 61.3 Å². The molecule has 0 aliphatic heterocycles. The summed E-state index contributed by atoms with van der Waals surface area (Å²) < 4.78 is 28.6. The number of nitrogens with zero attached hydrogens (tertiary/aromatic N) is 3. The van der Waals surface area contributed by atoms with E-state index < -0.39 is 22.3 Å². The monoisotopic (exact) mass is 471 g/mol. The highest BCUT2D eigenvalue weighted by molar-refractivity contribution is 7.84. The fourth-order valence-electron chi connectivity index (χ4n) is 4.01. The molecule has 2 heterocycles. The van der Waals surface area contributed by atoms with Crippen LogP contribution in [0.1, 0.15) is 34.3 Å². The summed E-state index contributed by atoms with van der Waals surface area (Å²) in [5, 5.41) is 18.3. The molecule has 3 aromatic rings. The largest absolute Gasteiger partial charge is 0.393 e. The van der Waals surface area contributed by atoms with Crippen LogP contribution in [-0.2, 0) is 21.0 Å². The Kier molecular flexibility index (Phi) is 6.84. The molecule has 3 atom stereocenters. The molecule has 174 valence electrons. The van der Waals surface area contributed by atoms with Crippen LogP contribution in [-0.4, -0.2) is 52.6 Å². The zero-order valence-electron chi connectivity index (χ0n) is 17.7. The van der Waals surface area contributed by atoms with Crippen molar-refractivity contribution in [1.82, 2.24) is 14.5 Å². The first-order valence-electron chi connectivity index (χ1n) is 10.4. The Morgan fingerprint density at radius 2 is 2.03 bits per heavy atom. The molecule has 10 nitrogen and oxygen atoms in total. The molecule has 2 aromatic heterocycles. The van der Waals surface area contributed by atoms with Crippen molar-refractivity contribution in [1.29, 1.82) is 0 Å². The van der Waals surface area contributed by atoms with E-state index in [1.54, 1.807) is 12.3 Å². The molecule has 0 saturated heterocycles. The van der Waals surface area contributed by atoms with Crippen molar-refractivity contribution < 1.29 is 22.5 Å². The Bertz CT molecular complexity index is 1210. The number of rotatable bonds is 9. The van der Waals surface area contributed by atoms with Gasteiger partial charge in [0, 0.05) is 42.7 Å². The molecule has 4 rings (SSSR count). The number of carbonyl (C=O) groups is 1. The molecule has 0 bridgehead atoms. The fourth-order valence-corrected chi connectivity index (χ4v) is 4.37. The molecule has 1 aliphatic carbocycles. The summed E-state index contributed by atoms with van der Waals surface area (Å²) in [5.41, 5.74) is 1.95. The predicted molar refractivity (Wildman–Crippen MR) is 121 cm³/mol. The van der Waals surface area contributed by atoms with Crippen LogP contribution in [0.25, 0.3) is 0 Å². The van der Waals surface area contributed by atoms with Crippen molar-refractivity contribution in [2.45, 2.75) is 31.5 Å². The normalized spacial score (nSPS) is 20.6. The van der Waals surface area contributed by atoms with E-state index in [1.165, 1.54) is 12.5 Å². The minimum atomic E-state index is -4.08. The van der Waals surface area contributed by atoms with E-state index in [-0.39, 0.29) is 18.4 Å². The zero-order valence-corrected chi connectivity index (χ0v) is 18.6. The van der Waals surface area contributed by atoms with Gasteiger partial charge in [0.1, 0.15) is 12.1 Å². The topological polar surface area (TPSA) is 149 Å². The van der Waals surface area contributed by atoms with Gasteiger partial charge in [0.15, 0.2) is 5.78 Å². The van der Waals surface area contributed by atoms with Crippen molar-refractivity contribution >= 4 is 21.9 Å². The quantitative estimate of drug-likeness (QED) is 0.396. The minimum absolute atomic E-state index is 0.206. The lowest BCUT2D eigenvalue weighted by Gasteiger charge is -2.15. The average molecular weight is 472 g/mol. The summed E-state index contributed by atoms with van der Waals surface area (Å²) in [7, 11) is -4.08. The highest BCUT2D eigenvalue weighted by Crippen LogP contribution is 2.30. The van der Waals surface area contributed by atoms with Crippen LogP contribution in [0.4, 0.5) is 5.82 Å². The lowest BCUT2D eigenvalue weighted by molar-refractivity contribution is 0.101. The molecule has 1 aliphatic rings. The lowest BCUT2D eigenvalue weighted by Crippen LogP contribution is -2.24. The molecular formula is C22H25N5O5S. The highest BCUT2D eigenvalue weighted by atomic mass is 32.2. The smallest absolute Gasteiger partial charge is 0.333 e. The van der Waals surface area contributed by atoms with Crippen LogP contribution < -0.4 is 10.5 Å². The van der Waals surface area contributed by atoms with Crippen molar-refractivity contribution in [3.05, 3.63) is 78.0 Å². The molecule has 1 unspecified atom stereocenters. The van der Waals surface area contributed by atoms with Gasteiger partial charge in [0.2, 0.25) is 0 Å². The first kappa shape index (κ1) is 23.1. The number of nitrogens with two attached hydrogens (primary N) is 1. The van der Waals surface area contributed by atoms with Gasteiger partial charge in [0.05, 0.1) is 18.3 Å². The number of hydrogen-bond acceptors (Lipinski definition) is 8. The maximum Gasteiger partial charge on any atom is 0.333 e. The number of aliphatic hydroxyl groups excluding tert-OH is 1. The Hall–Kier alpha value is -3.12. The van der Waals surface area contributed by atoms with Crippen molar-refractivity contribution in [2.75, 3.05) is 11.9 Å². The first-order chi connectivity index (χ1) is 15.8. The maximum absolute atomic E-state index is 13.2. The van der Waals surface area contributed by atoms with Gasteiger partial charge in [-0.2, -0.15) is 8.42 Å². The molecule has 4 N–H and O–H groups in total. The SMILES string of the molecule is NS(=O)(=O)OCC1C[C@@H](Nc2ncncc2C(=O)c2ccn(Cc3ccccc3)c2)C[C@@H]1O. The number of carbonyl (C=O) groups excluding carboxylic acids is 1. The Morgan fingerprint density at radius 1 is 1.24 bits per heavy atom. The van der Waals surface area contributed by atoms with Gasteiger partial charge in [-0.05, 0) is 24.5 Å². The van der Waals surface area contributed by atoms with E-state index in [4.69, 9.17) is 5.14 Å². The fraction of sp³-hybridized carbons (Fsp3) is 0.318. The Balaban J connectivity index is 1.44. The van der Waals surface area contributed by atoms with E-state index in [0.717, 1.165) is 5.56 Å². The van der Waals surface area contributed by atoms with Gasteiger partial charge in [0.25, 0.3) is 0 Å². The molecule has 1 fully saturated rings. The van der Waals surface area contributed by atoms with Crippen LogP contribution >= 0.6 is 0 Å². The number of benzene rings is 1. The van der Waals surface area contributed by atoms with Gasteiger partial charge in [-0.15, -0.1) is 0 Å². The Morgan fingerprint density at radius 3 is 2.79 bits per heavy atom. The molecule has 33 heavy (non-hydrogen) atoms. The van der Waals surface area contributed by atoms with Crippen molar-refractivity contribution in [3.8, 4) is 0 Å². The molecule has 0 radical (unpaired) electrons. The van der Waals surface area contributed by atoms with Gasteiger partial charge in [-0.1, -0.05) is 30.3 Å². The molecule has 0 spiro atoms. The summed E-state index contributed by atoms with van der Waals surface area (Å²) in [6.07, 6.45) is 6.45. The highest BCUT2D eigenvalue weighted by Gasteiger charge is 2.34. The number of anilines is 1. The standard InChI is InChI=1S/C22H25N5O5S/c23-33(30,31)32-13-17-8-18(9-20(17)28)26-22-19(10-24-14-25-22)21(29)16-6-7-27(12-16)11-15-4-2-1-3-5-15/h1-7,10,12,14,17-18,20,28H,8-9,11,13H2,(H2,23,30,31)(H,24,25,26)/t17?,18-,20+/m1/s1. The van der Waals surface area contributed by atoms with Gasteiger partial charge < -0.3 is 15.0 Å². The molecular weight excluding hydrogens is 446 g/mol. The van der Waals surface area contributed by atoms with E-state index in [2.05, 4.69) is 19.5 Å². The van der Waals surface area contributed by atoms with Gasteiger partial charge in [-0.3, -0.25) is 8.98 Å². The second-order valence-corrected chi connectivity index (χ2v) is 9.31. The van der Waals surface area contributed by atoms with Gasteiger partial charge >= 0.3 is 10.3 Å². The summed E-state index contributed by atoms with van der Waals surface area (Å²) in [6.45, 7) is 0.440. The molecule has 1 aromatic carbocycles. The van der Waals surface area contributed by atoms with Crippen molar-refractivity contribution in [3.63, 3.8) is 0 Å². The van der Waals surface area contributed by atoms with Crippen LogP contribution in [0.5, 0.6) is 0 Å². The van der Waals surface area contributed by atoms with Gasteiger partial charge in [-0.25, -0.2) is 15.1 Å². The third kappa shape index (κ3) is 6.02. The minimum Gasteiger partial charge on any atom is -0.393 e. The summed E-state index contributed by atoms with van der Waals surface area (Å²) >= 11 is 0. The number of aromatic nitrogens is 3. The average Bonchev–Trinajstić information content (AvgIpc) is 3.38. The number of hydrogen-bond donors (Lipinski definition) is 3. The van der Waals surface area contributed by atoms with Crippen LogP contribution in [0.2, 0.25) is 0 Å². The second kappa shape index (κ2) is 9.79. The summed E-state index contributed by atoms with van der Waals surface area (Å²) in [4.78, 5) is 21.4. The van der Waals surface area contributed by atoms with Crippen LogP contribution in [0.3, 0.4) is 0 Å². The zero-order chi connectivity index (χ0) is 23.4. The number of ketones is 1. The molecule has 0 amide bonds. The predicted octanol–water partition coefficient (Wildman–Crippen LogP) is 1.33. The first-order valence-corrected chi connectivity index (χ1v) is 11.9. The van der Waals surface area contributed by atoms with Crippen LogP contribution in [0, 0.1) is 5.92 Å². The molecule has 1 saturated carbocycles. The van der Waals surface area contributed by atoms with E-state index >= 15 is 0 Å². The maximum atomic E-state index is 13.2.